The van der Waals surface area contributed by atoms with Crippen LogP contribution in [-0.2, 0) is 18.9 Å². The Labute approximate surface area is 206 Å². The smallest absolute Gasteiger partial charge is 0.299 e. The minimum absolute atomic E-state index is 0.226. The number of carbonyl (C=O) groups is 4. The van der Waals surface area contributed by atoms with E-state index in [2.05, 4.69) is 0 Å². The highest BCUT2D eigenvalue weighted by Gasteiger charge is 2.55. The van der Waals surface area contributed by atoms with E-state index < -0.39 is 34.7 Å². The molecule has 182 valence electrons. The largest absolute Gasteiger partial charge is 0.341 e. The molecule has 0 fully saturated rings. The number of carbonyl (C=O) groups excluding carboxylic acids is 4. The van der Waals surface area contributed by atoms with E-state index in [1.807, 2.05) is 24.3 Å². The molecule has 0 radical (unpaired) electrons. The maximum Gasteiger partial charge on any atom is 0.299 e. The van der Waals surface area contributed by atoms with Gasteiger partial charge < -0.3 is 18.9 Å². The van der Waals surface area contributed by atoms with Gasteiger partial charge in [0.25, 0.3) is 11.6 Å². The average molecular weight is 486 g/mol. The van der Waals surface area contributed by atoms with Crippen LogP contribution < -0.4 is 0 Å². The molecule has 0 bridgehead atoms. The molecule has 0 N–H and O–H groups in total. The van der Waals surface area contributed by atoms with Crippen LogP contribution in [0.2, 0.25) is 0 Å². The summed E-state index contributed by atoms with van der Waals surface area (Å²) in [7, 11) is 5.03. The zero-order chi connectivity index (χ0) is 25.8. The molecule has 0 heterocycles. The van der Waals surface area contributed by atoms with E-state index in [0.717, 1.165) is 11.1 Å². The Hall–Kier alpha value is -3.82. The van der Waals surface area contributed by atoms with Crippen LogP contribution in [0.3, 0.4) is 0 Å². The van der Waals surface area contributed by atoms with Crippen LogP contribution in [0.15, 0.2) is 60.7 Å². The number of benzene rings is 3. The zero-order valence-electron chi connectivity index (χ0n) is 20.0. The molecule has 0 spiro atoms. The molecule has 8 heteroatoms. The minimum atomic E-state index is -1.96. The fourth-order valence-electron chi connectivity index (χ4n) is 4.92. The van der Waals surface area contributed by atoms with Crippen LogP contribution in [0.1, 0.15) is 41.4 Å². The monoisotopic (exact) mass is 486 g/mol. The third kappa shape index (κ3) is 3.02. The van der Waals surface area contributed by atoms with Gasteiger partial charge in [0.05, 0.1) is 0 Å². The van der Waals surface area contributed by atoms with E-state index in [1.165, 1.54) is 28.4 Å². The van der Waals surface area contributed by atoms with Crippen molar-refractivity contribution in [2.24, 2.45) is 0 Å². The predicted octanol–water partition coefficient (Wildman–Crippen LogP) is 3.76. The SMILES string of the molecule is COC1(OC)C(=O)c2ccc(-c3cccc(-c4ccc5c(c4)C(=O)C(OC)(OC)C5=O)c3)cc2C1=O. The lowest BCUT2D eigenvalue weighted by Crippen LogP contribution is -2.45. The molecule has 2 aliphatic rings. The summed E-state index contributed by atoms with van der Waals surface area (Å²) in [6, 6.07) is 17.4. The number of fused-ring (bicyclic) bond motifs is 2. The molecular weight excluding hydrogens is 464 g/mol. The van der Waals surface area contributed by atoms with Gasteiger partial charge in [0, 0.05) is 50.7 Å². The molecule has 2 aliphatic carbocycles. The lowest BCUT2D eigenvalue weighted by molar-refractivity contribution is -0.133. The van der Waals surface area contributed by atoms with E-state index in [9.17, 15) is 19.2 Å². The normalized spacial score (nSPS) is 17.4. The topological polar surface area (TPSA) is 105 Å². The number of hydrogen-bond acceptors (Lipinski definition) is 8. The van der Waals surface area contributed by atoms with Crippen LogP contribution >= 0.6 is 0 Å². The molecule has 0 amide bonds. The van der Waals surface area contributed by atoms with E-state index in [4.69, 9.17) is 18.9 Å². The van der Waals surface area contributed by atoms with Crippen LogP contribution in [0.5, 0.6) is 0 Å². The second-order valence-electron chi connectivity index (χ2n) is 8.47. The number of rotatable bonds is 6. The van der Waals surface area contributed by atoms with E-state index in [1.54, 1.807) is 36.4 Å². The molecule has 0 unspecified atom stereocenters. The summed E-state index contributed by atoms with van der Waals surface area (Å²) in [6.07, 6.45) is 0. The van der Waals surface area contributed by atoms with Crippen molar-refractivity contribution in [3.63, 3.8) is 0 Å². The van der Waals surface area contributed by atoms with Gasteiger partial charge in [-0.3, -0.25) is 19.2 Å². The van der Waals surface area contributed by atoms with Crippen molar-refractivity contribution in [2.75, 3.05) is 28.4 Å². The van der Waals surface area contributed by atoms with Crippen LogP contribution in [0.4, 0.5) is 0 Å². The summed E-state index contributed by atoms with van der Waals surface area (Å²) in [4.78, 5) is 51.5. The maximum absolute atomic E-state index is 13.0. The molecule has 3 aromatic carbocycles. The van der Waals surface area contributed by atoms with Crippen molar-refractivity contribution >= 4 is 23.1 Å². The number of hydrogen-bond donors (Lipinski definition) is 0. The summed E-state index contributed by atoms with van der Waals surface area (Å²) in [6.45, 7) is 0. The lowest BCUT2D eigenvalue weighted by atomic mass is 9.95. The summed E-state index contributed by atoms with van der Waals surface area (Å²) < 4.78 is 20.7. The molecule has 5 rings (SSSR count). The van der Waals surface area contributed by atoms with Crippen molar-refractivity contribution in [1.82, 2.24) is 0 Å². The predicted molar refractivity (Wildman–Crippen MR) is 128 cm³/mol. The van der Waals surface area contributed by atoms with Gasteiger partial charge in [-0.25, -0.2) is 0 Å². The third-order valence-corrected chi connectivity index (χ3v) is 6.89. The summed E-state index contributed by atoms with van der Waals surface area (Å²) in [5.41, 5.74) is 3.93. The fraction of sp³-hybridized carbons (Fsp3) is 0.214. The zero-order valence-corrected chi connectivity index (χ0v) is 20.0. The highest BCUT2D eigenvalue weighted by atomic mass is 16.7. The second kappa shape index (κ2) is 8.39. The molecule has 0 aromatic heterocycles. The Bertz CT molecular complexity index is 1350. The van der Waals surface area contributed by atoms with Crippen LogP contribution in [0.25, 0.3) is 22.3 Å². The minimum Gasteiger partial charge on any atom is -0.341 e. The lowest BCUT2D eigenvalue weighted by Gasteiger charge is -2.21. The van der Waals surface area contributed by atoms with Crippen LogP contribution in [-0.4, -0.2) is 63.1 Å². The number of ketones is 4. The van der Waals surface area contributed by atoms with Crippen molar-refractivity contribution in [2.45, 2.75) is 11.6 Å². The second-order valence-corrected chi connectivity index (χ2v) is 8.47. The number of Topliss-reactive ketones (excluding diaryl/α,β-unsaturated/α-hetero) is 4. The maximum atomic E-state index is 13.0. The molecule has 0 saturated carbocycles. The third-order valence-electron chi connectivity index (χ3n) is 6.89. The van der Waals surface area contributed by atoms with Crippen molar-refractivity contribution in [1.29, 1.82) is 0 Å². The molecule has 8 nitrogen and oxygen atoms in total. The van der Waals surface area contributed by atoms with Crippen LogP contribution in [0, 0.1) is 0 Å². The quantitative estimate of drug-likeness (QED) is 0.383. The number of ether oxygens (including phenoxy) is 4. The van der Waals surface area contributed by atoms with Gasteiger partial charge >= 0.3 is 0 Å². The van der Waals surface area contributed by atoms with Gasteiger partial charge in [0.2, 0.25) is 23.1 Å². The molecule has 0 atom stereocenters. The molecular formula is C28H22O8. The Morgan fingerprint density at radius 3 is 1.14 bits per heavy atom. The first-order valence-corrected chi connectivity index (χ1v) is 11.1. The standard InChI is InChI=1S/C28H22O8/c1-33-27(34-2)23(29)19-10-8-17(13-21(19)25(27)31)15-6-5-7-16(12-15)18-9-11-20-22(14-18)26(32)28(35-3,36-4)24(20)30/h5-14H,1-4H3. The van der Waals surface area contributed by atoms with E-state index in [0.29, 0.717) is 11.1 Å². The Morgan fingerprint density at radius 1 is 0.444 bits per heavy atom. The van der Waals surface area contributed by atoms with Crippen molar-refractivity contribution in [3.05, 3.63) is 82.9 Å². The molecule has 0 aliphatic heterocycles. The van der Waals surface area contributed by atoms with E-state index >= 15 is 0 Å². The highest BCUT2D eigenvalue weighted by Crippen LogP contribution is 2.38. The van der Waals surface area contributed by atoms with Crippen molar-refractivity contribution in [3.8, 4) is 22.3 Å². The fourth-order valence-corrected chi connectivity index (χ4v) is 4.92. The summed E-state index contributed by atoms with van der Waals surface area (Å²) in [5.74, 6) is -6.09. The first-order valence-electron chi connectivity index (χ1n) is 11.1. The first kappa shape index (κ1) is 23.9. The Balaban J connectivity index is 1.54. The Kier molecular flexibility index (Phi) is 5.57. The first-order chi connectivity index (χ1) is 17.3. The van der Waals surface area contributed by atoms with Gasteiger partial charge in [-0.1, -0.05) is 30.3 Å². The Morgan fingerprint density at radius 2 is 0.778 bits per heavy atom. The van der Waals surface area contributed by atoms with Gasteiger partial charge in [-0.05, 0) is 52.6 Å². The van der Waals surface area contributed by atoms with Gasteiger partial charge in [-0.15, -0.1) is 0 Å². The van der Waals surface area contributed by atoms with E-state index in [-0.39, 0.29) is 22.3 Å². The average Bonchev–Trinajstić information content (AvgIpc) is 3.27. The number of methoxy groups -OCH3 is 4. The highest BCUT2D eigenvalue weighted by molar-refractivity contribution is 6.32. The summed E-state index contributed by atoms with van der Waals surface area (Å²) >= 11 is 0. The van der Waals surface area contributed by atoms with Crippen molar-refractivity contribution < 1.29 is 38.1 Å². The van der Waals surface area contributed by atoms with Gasteiger partial charge in [-0.2, -0.15) is 0 Å². The molecule has 3 aromatic rings. The van der Waals surface area contributed by atoms with Gasteiger partial charge in [0.15, 0.2) is 0 Å². The van der Waals surface area contributed by atoms with Gasteiger partial charge in [0.1, 0.15) is 0 Å². The molecule has 36 heavy (non-hydrogen) atoms. The molecule has 0 saturated heterocycles. The summed E-state index contributed by atoms with van der Waals surface area (Å²) in [5, 5.41) is 0.